The molecule has 8 heteroatoms. The summed E-state index contributed by atoms with van der Waals surface area (Å²) >= 11 is 0. The van der Waals surface area contributed by atoms with Crippen molar-refractivity contribution < 1.29 is 19.4 Å². The van der Waals surface area contributed by atoms with Crippen LogP contribution in [0.1, 0.15) is 52.9 Å². The second-order valence-corrected chi connectivity index (χ2v) is 7.28. The lowest BCUT2D eigenvalue weighted by molar-refractivity contribution is 0.175. The maximum atomic E-state index is 12.1. The van der Waals surface area contributed by atoms with Gasteiger partial charge in [0.2, 0.25) is 5.88 Å². The molecule has 0 unspecified atom stereocenters. The molecule has 1 atom stereocenters. The van der Waals surface area contributed by atoms with Gasteiger partial charge in [0, 0.05) is 13.1 Å². The summed E-state index contributed by atoms with van der Waals surface area (Å²) in [4.78, 5) is 23.0. The van der Waals surface area contributed by atoms with Gasteiger partial charge < -0.3 is 24.8 Å². The van der Waals surface area contributed by atoms with E-state index in [-0.39, 0.29) is 18.5 Å². The molecular formula is C19H32N4O4. The Kier molecular flexibility index (Phi) is 8.57. The summed E-state index contributed by atoms with van der Waals surface area (Å²) in [6.45, 7) is 8.39. The Morgan fingerprint density at radius 1 is 1.37 bits per heavy atom. The highest BCUT2D eigenvalue weighted by Gasteiger charge is 2.21. The van der Waals surface area contributed by atoms with Gasteiger partial charge in [0.05, 0.1) is 25.5 Å². The van der Waals surface area contributed by atoms with Gasteiger partial charge in [0.15, 0.2) is 5.82 Å². The predicted octanol–water partition coefficient (Wildman–Crippen LogP) is 2.75. The van der Waals surface area contributed by atoms with Crippen molar-refractivity contribution in [1.29, 1.82) is 0 Å². The molecule has 1 aromatic heterocycles. The number of nitrogens with one attached hydrogen (secondary N) is 1. The number of aliphatic hydroxyl groups is 1. The monoisotopic (exact) mass is 380 g/mol. The molecule has 0 bridgehead atoms. The van der Waals surface area contributed by atoms with E-state index in [4.69, 9.17) is 9.47 Å². The van der Waals surface area contributed by atoms with Gasteiger partial charge in [0.25, 0.3) is 5.88 Å². The van der Waals surface area contributed by atoms with Crippen LogP contribution in [0.5, 0.6) is 11.8 Å². The summed E-state index contributed by atoms with van der Waals surface area (Å²) in [6, 6.07) is -0.352. The minimum Gasteiger partial charge on any atom is -0.475 e. The van der Waals surface area contributed by atoms with Crippen molar-refractivity contribution in [2.45, 2.75) is 58.9 Å². The number of aromatic nitrogens is 2. The molecule has 1 amide bonds. The summed E-state index contributed by atoms with van der Waals surface area (Å²) in [7, 11) is 0. The van der Waals surface area contributed by atoms with Crippen LogP contribution in [0.4, 0.5) is 10.6 Å². The molecule has 2 heterocycles. The first-order chi connectivity index (χ1) is 13.0. The average Bonchev–Trinajstić information content (AvgIpc) is 3.15. The zero-order chi connectivity index (χ0) is 19.6. The molecule has 0 spiro atoms. The maximum Gasteiger partial charge on any atom is 0.414 e. The van der Waals surface area contributed by atoms with Crippen molar-refractivity contribution >= 4 is 11.9 Å². The molecule has 1 aromatic rings. The quantitative estimate of drug-likeness (QED) is 0.602. The Hall–Kier alpha value is -2.09. The summed E-state index contributed by atoms with van der Waals surface area (Å²) in [5.74, 6) is 1.53. The number of nitrogens with zero attached hydrogens (tertiary/aromatic N) is 3. The predicted molar refractivity (Wildman–Crippen MR) is 103 cm³/mol. The van der Waals surface area contributed by atoms with Crippen LogP contribution in [0.25, 0.3) is 0 Å². The van der Waals surface area contributed by atoms with Crippen LogP contribution in [0.2, 0.25) is 0 Å². The number of anilines is 1. The number of carbonyl (C=O) groups is 1. The van der Waals surface area contributed by atoms with Crippen LogP contribution in [0.3, 0.4) is 0 Å². The molecule has 8 nitrogen and oxygen atoms in total. The molecule has 0 aliphatic carbocycles. The maximum absolute atomic E-state index is 12.1. The SMILES string of the molecule is CCCCOc1nc(OC(=O)N[C@H](CO)CC(C)C)cnc1N1CCCC1. The Balaban J connectivity index is 2.04. The second kappa shape index (κ2) is 10.9. The third-order valence-electron chi connectivity index (χ3n) is 4.34. The van der Waals surface area contributed by atoms with Crippen molar-refractivity contribution in [2.24, 2.45) is 5.92 Å². The molecular weight excluding hydrogens is 348 g/mol. The van der Waals surface area contributed by atoms with E-state index >= 15 is 0 Å². The lowest BCUT2D eigenvalue weighted by Crippen LogP contribution is -2.40. The van der Waals surface area contributed by atoms with E-state index in [2.05, 4.69) is 27.1 Å². The Morgan fingerprint density at radius 2 is 2.11 bits per heavy atom. The normalized spacial score (nSPS) is 15.1. The number of hydrogen-bond donors (Lipinski definition) is 2. The number of rotatable bonds is 10. The molecule has 0 saturated carbocycles. The molecule has 1 aliphatic rings. The van der Waals surface area contributed by atoms with Crippen LogP contribution in [0.15, 0.2) is 6.20 Å². The van der Waals surface area contributed by atoms with Crippen LogP contribution < -0.4 is 19.7 Å². The number of ether oxygens (including phenoxy) is 2. The molecule has 0 aromatic carbocycles. The van der Waals surface area contributed by atoms with E-state index in [0.717, 1.165) is 38.8 Å². The lowest BCUT2D eigenvalue weighted by atomic mass is 10.0. The molecule has 152 valence electrons. The number of carbonyl (C=O) groups excluding carboxylic acids is 1. The average molecular weight is 380 g/mol. The molecule has 1 fully saturated rings. The van der Waals surface area contributed by atoms with Crippen LogP contribution in [0, 0.1) is 5.92 Å². The fourth-order valence-electron chi connectivity index (χ4n) is 2.99. The standard InChI is InChI=1S/C19H32N4O4/c1-4-5-10-26-18-17(23-8-6-7-9-23)20-12-16(22-18)27-19(25)21-15(13-24)11-14(2)3/h12,14-15,24H,4-11,13H2,1-3H3,(H,21,25)/t15-/m0/s1. The first-order valence-corrected chi connectivity index (χ1v) is 9.87. The van der Waals surface area contributed by atoms with Gasteiger partial charge in [-0.05, 0) is 31.6 Å². The van der Waals surface area contributed by atoms with Gasteiger partial charge in [-0.25, -0.2) is 9.78 Å². The van der Waals surface area contributed by atoms with Gasteiger partial charge in [-0.1, -0.05) is 27.2 Å². The van der Waals surface area contributed by atoms with Crippen molar-refractivity contribution in [3.05, 3.63) is 6.20 Å². The third-order valence-corrected chi connectivity index (χ3v) is 4.34. The highest BCUT2D eigenvalue weighted by Crippen LogP contribution is 2.29. The topological polar surface area (TPSA) is 96.8 Å². The molecule has 0 radical (unpaired) electrons. The first-order valence-electron chi connectivity index (χ1n) is 9.87. The van der Waals surface area contributed by atoms with Crippen LogP contribution in [-0.4, -0.2) is 53.5 Å². The van der Waals surface area contributed by atoms with Gasteiger partial charge in [-0.15, -0.1) is 0 Å². The molecule has 27 heavy (non-hydrogen) atoms. The smallest absolute Gasteiger partial charge is 0.414 e. The van der Waals surface area contributed by atoms with Gasteiger partial charge in [-0.2, -0.15) is 4.98 Å². The fourth-order valence-corrected chi connectivity index (χ4v) is 2.99. The van der Waals surface area contributed by atoms with Crippen molar-refractivity contribution in [2.75, 3.05) is 31.2 Å². The Labute approximate surface area is 161 Å². The van der Waals surface area contributed by atoms with E-state index in [9.17, 15) is 9.90 Å². The van der Waals surface area contributed by atoms with Crippen molar-refractivity contribution in [3.63, 3.8) is 0 Å². The molecule has 1 saturated heterocycles. The number of hydrogen-bond acceptors (Lipinski definition) is 7. The zero-order valence-corrected chi connectivity index (χ0v) is 16.6. The van der Waals surface area contributed by atoms with E-state index in [0.29, 0.717) is 30.6 Å². The van der Waals surface area contributed by atoms with E-state index in [1.165, 1.54) is 6.20 Å². The summed E-state index contributed by atoms with van der Waals surface area (Å²) in [5, 5.41) is 12.0. The van der Waals surface area contributed by atoms with Crippen molar-refractivity contribution in [1.82, 2.24) is 15.3 Å². The number of amides is 1. The third kappa shape index (κ3) is 6.86. The molecule has 1 aliphatic heterocycles. The zero-order valence-electron chi connectivity index (χ0n) is 16.6. The minimum absolute atomic E-state index is 0.0863. The van der Waals surface area contributed by atoms with Gasteiger partial charge in [-0.3, -0.25) is 0 Å². The summed E-state index contributed by atoms with van der Waals surface area (Å²) < 4.78 is 11.1. The Bertz CT molecular complexity index is 591. The number of unbranched alkanes of at least 4 members (excludes halogenated alkanes) is 1. The molecule has 2 N–H and O–H groups in total. The van der Waals surface area contributed by atoms with E-state index in [1.807, 2.05) is 13.8 Å². The summed E-state index contributed by atoms with van der Waals surface area (Å²) in [6.07, 6.45) is 5.62. The van der Waals surface area contributed by atoms with Gasteiger partial charge in [0.1, 0.15) is 0 Å². The fraction of sp³-hybridized carbons (Fsp3) is 0.737. The number of aliphatic hydroxyl groups excluding tert-OH is 1. The van der Waals surface area contributed by atoms with Crippen molar-refractivity contribution in [3.8, 4) is 11.8 Å². The Morgan fingerprint density at radius 3 is 2.74 bits per heavy atom. The van der Waals surface area contributed by atoms with E-state index < -0.39 is 6.09 Å². The van der Waals surface area contributed by atoms with E-state index in [1.54, 1.807) is 0 Å². The van der Waals surface area contributed by atoms with Gasteiger partial charge >= 0.3 is 6.09 Å². The largest absolute Gasteiger partial charge is 0.475 e. The van der Waals surface area contributed by atoms with Crippen LogP contribution in [-0.2, 0) is 0 Å². The highest BCUT2D eigenvalue weighted by molar-refractivity contribution is 5.70. The highest BCUT2D eigenvalue weighted by atomic mass is 16.6. The first kappa shape index (κ1) is 21.2. The molecule has 2 rings (SSSR count). The minimum atomic E-state index is -0.655. The lowest BCUT2D eigenvalue weighted by Gasteiger charge is -2.20. The second-order valence-electron chi connectivity index (χ2n) is 7.28. The van der Waals surface area contributed by atoms with Crippen LogP contribution >= 0.6 is 0 Å². The summed E-state index contributed by atoms with van der Waals surface area (Å²) in [5.41, 5.74) is 0.